The van der Waals surface area contributed by atoms with Gasteiger partial charge in [-0.05, 0) is 6.42 Å². The lowest BCUT2D eigenvalue weighted by atomic mass is 10.1. The van der Waals surface area contributed by atoms with Crippen molar-refractivity contribution in [3.8, 4) is 0 Å². The molecular weight excluding hydrogens is 184 g/mol. The summed E-state index contributed by atoms with van der Waals surface area (Å²) in [7, 11) is 0. The van der Waals surface area contributed by atoms with E-state index in [2.05, 4.69) is 10.7 Å². The van der Waals surface area contributed by atoms with Gasteiger partial charge in [-0.2, -0.15) is 0 Å². The van der Waals surface area contributed by atoms with Crippen LogP contribution in [0.5, 0.6) is 0 Å². The Balaban J connectivity index is 2.59. The van der Waals surface area contributed by atoms with Gasteiger partial charge in [0.1, 0.15) is 0 Å². The molecule has 1 rings (SSSR count). The second-order valence-corrected chi connectivity index (χ2v) is 3.25. The van der Waals surface area contributed by atoms with E-state index >= 15 is 0 Å². The van der Waals surface area contributed by atoms with Crippen molar-refractivity contribution >= 4 is 11.8 Å². The van der Waals surface area contributed by atoms with E-state index in [1.165, 1.54) is 0 Å². The second kappa shape index (κ2) is 4.92. The van der Waals surface area contributed by atoms with Crippen LogP contribution < -0.4 is 16.6 Å². The number of nitrogens with zero attached hydrogens (tertiary/aromatic N) is 1. The summed E-state index contributed by atoms with van der Waals surface area (Å²) >= 11 is 0. The van der Waals surface area contributed by atoms with Crippen molar-refractivity contribution in [3.05, 3.63) is 0 Å². The van der Waals surface area contributed by atoms with Crippen molar-refractivity contribution in [2.75, 3.05) is 19.6 Å². The summed E-state index contributed by atoms with van der Waals surface area (Å²) < 4.78 is 0. The topological polar surface area (TPSA) is 87.5 Å². The van der Waals surface area contributed by atoms with Gasteiger partial charge in [0.05, 0.1) is 12.6 Å². The van der Waals surface area contributed by atoms with Gasteiger partial charge in [-0.1, -0.05) is 6.92 Å². The minimum absolute atomic E-state index is 0.0421. The Kier molecular flexibility index (Phi) is 3.84. The number of carbonyl (C=O) groups is 2. The van der Waals surface area contributed by atoms with Crippen molar-refractivity contribution in [2.24, 2.45) is 5.84 Å². The summed E-state index contributed by atoms with van der Waals surface area (Å²) in [6.07, 6.45) is 0.649. The molecule has 1 aliphatic heterocycles. The number of hydrazine groups is 1. The molecule has 14 heavy (non-hydrogen) atoms. The van der Waals surface area contributed by atoms with Gasteiger partial charge in [-0.25, -0.2) is 5.84 Å². The van der Waals surface area contributed by atoms with Gasteiger partial charge in [0.25, 0.3) is 5.91 Å². The average molecular weight is 200 g/mol. The van der Waals surface area contributed by atoms with E-state index in [9.17, 15) is 9.59 Å². The van der Waals surface area contributed by atoms with Crippen LogP contribution in [0.4, 0.5) is 0 Å². The van der Waals surface area contributed by atoms with Gasteiger partial charge < -0.3 is 5.32 Å². The molecule has 1 heterocycles. The van der Waals surface area contributed by atoms with Crippen molar-refractivity contribution in [1.29, 1.82) is 0 Å². The van der Waals surface area contributed by atoms with Gasteiger partial charge in [0, 0.05) is 13.1 Å². The van der Waals surface area contributed by atoms with E-state index in [1.54, 1.807) is 0 Å². The lowest BCUT2D eigenvalue weighted by molar-refractivity contribution is -0.130. The molecule has 6 nitrogen and oxygen atoms in total. The third-order valence-electron chi connectivity index (χ3n) is 2.34. The van der Waals surface area contributed by atoms with Crippen LogP contribution in [0, 0.1) is 0 Å². The quantitative estimate of drug-likeness (QED) is 0.284. The molecule has 4 N–H and O–H groups in total. The molecule has 1 fully saturated rings. The molecule has 0 radical (unpaired) electrons. The molecule has 1 unspecified atom stereocenters. The van der Waals surface area contributed by atoms with Crippen LogP contribution in [0.25, 0.3) is 0 Å². The highest BCUT2D eigenvalue weighted by Gasteiger charge is 2.27. The van der Waals surface area contributed by atoms with Crippen LogP contribution in [-0.2, 0) is 9.59 Å². The Hall–Kier alpha value is -1.14. The largest absolute Gasteiger partial charge is 0.354 e. The highest BCUT2D eigenvalue weighted by molar-refractivity contribution is 5.83. The summed E-state index contributed by atoms with van der Waals surface area (Å²) in [4.78, 5) is 24.3. The maximum Gasteiger partial charge on any atom is 0.251 e. The predicted octanol–water partition coefficient (Wildman–Crippen LogP) is -1.81. The first kappa shape index (κ1) is 10.9. The molecule has 0 spiro atoms. The molecule has 80 valence electrons. The normalized spacial score (nSPS) is 20.0. The zero-order chi connectivity index (χ0) is 10.6. The van der Waals surface area contributed by atoms with Crippen molar-refractivity contribution < 1.29 is 9.59 Å². The Morgan fingerprint density at radius 1 is 1.79 bits per heavy atom. The van der Waals surface area contributed by atoms with E-state index in [-0.39, 0.29) is 24.4 Å². The minimum Gasteiger partial charge on any atom is -0.354 e. The second-order valence-electron chi connectivity index (χ2n) is 3.25. The van der Waals surface area contributed by atoms with Crippen molar-refractivity contribution in [3.63, 3.8) is 0 Å². The fourth-order valence-electron chi connectivity index (χ4n) is 1.63. The molecule has 1 atom stereocenters. The number of nitrogens with one attached hydrogen (secondary N) is 2. The summed E-state index contributed by atoms with van der Waals surface area (Å²) in [5.74, 6) is 4.79. The van der Waals surface area contributed by atoms with E-state index in [1.807, 2.05) is 11.8 Å². The summed E-state index contributed by atoms with van der Waals surface area (Å²) in [5, 5.41) is 2.70. The molecule has 0 aromatic heterocycles. The SMILES string of the molecule is CCC(C(=O)NN)N1CCNC(=O)C1. The summed E-state index contributed by atoms with van der Waals surface area (Å²) in [5.41, 5.74) is 2.12. The number of hydrogen-bond donors (Lipinski definition) is 3. The Morgan fingerprint density at radius 3 is 3.00 bits per heavy atom. The smallest absolute Gasteiger partial charge is 0.251 e. The molecule has 0 aromatic rings. The number of carbonyl (C=O) groups excluding carboxylic acids is 2. The predicted molar refractivity (Wildman–Crippen MR) is 51.0 cm³/mol. The highest BCUT2D eigenvalue weighted by Crippen LogP contribution is 2.05. The van der Waals surface area contributed by atoms with E-state index in [0.717, 1.165) is 0 Å². The molecule has 6 heteroatoms. The summed E-state index contributed by atoms with van der Waals surface area (Å²) in [6.45, 7) is 3.45. The lowest BCUT2D eigenvalue weighted by Crippen LogP contribution is -2.56. The van der Waals surface area contributed by atoms with Crippen LogP contribution in [-0.4, -0.2) is 42.4 Å². The first-order chi connectivity index (χ1) is 6.69. The third-order valence-corrected chi connectivity index (χ3v) is 2.34. The van der Waals surface area contributed by atoms with Crippen molar-refractivity contribution in [1.82, 2.24) is 15.6 Å². The summed E-state index contributed by atoms with van der Waals surface area (Å²) in [6, 6.07) is -0.300. The molecule has 2 amide bonds. The number of nitrogens with two attached hydrogens (primary N) is 1. The third kappa shape index (κ3) is 2.43. The molecule has 1 saturated heterocycles. The number of amides is 2. The monoisotopic (exact) mass is 200 g/mol. The first-order valence-corrected chi connectivity index (χ1v) is 4.70. The number of hydrogen-bond acceptors (Lipinski definition) is 4. The zero-order valence-corrected chi connectivity index (χ0v) is 8.25. The molecule has 0 aliphatic carbocycles. The Bertz CT molecular complexity index is 231. The van der Waals surface area contributed by atoms with Gasteiger partial charge in [-0.3, -0.25) is 19.9 Å². The maximum absolute atomic E-state index is 11.3. The molecule has 0 saturated carbocycles. The van der Waals surface area contributed by atoms with E-state index < -0.39 is 0 Å². The first-order valence-electron chi connectivity index (χ1n) is 4.70. The Morgan fingerprint density at radius 2 is 2.50 bits per heavy atom. The van der Waals surface area contributed by atoms with Crippen LogP contribution >= 0.6 is 0 Å². The van der Waals surface area contributed by atoms with Crippen LogP contribution in [0.3, 0.4) is 0 Å². The molecule has 0 aromatic carbocycles. The van der Waals surface area contributed by atoms with Crippen LogP contribution in [0.1, 0.15) is 13.3 Å². The van der Waals surface area contributed by atoms with Gasteiger partial charge in [0.15, 0.2) is 0 Å². The van der Waals surface area contributed by atoms with E-state index in [4.69, 9.17) is 5.84 Å². The highest BCUT2D eigenvalue weighted by atomic mass is 16.2. The van der Waals surface area contributed by atoms with E-state index in [0.29, 0.717) is 19.5 Å². The molecule has 1 aliphatic rings. The van der Waals surface area contributed by atoms with Gasteiger partial charge in [0.2, 0.25) is 5.91 Å². The van der Waals surface area contributed by atoms with Crippen LogP contribution in [0.15, 0.2) is 0 Å². The molecule has 0 bridgehead atoms. The minimum atomic E-state index is -0.300. The average Bonchev–Trinajstić information content (AvgIpc) is 2.19. The fraction of sp³-hybridized carbons (Fsp3) is 0.750. The standard InChI is InChI=1S/C8H16N4O2/c1-2-6(8(14)11-9)12-4-3-10-7(13)5-12/h6H,2-5,9H2,1H3,(H,10,13)(H,11,14). The van der Waals surface area contributed by atoms with Crippen LogP contribution in [0.2, 0.25) is 0 Å². The lowest BCUT2D eigenvalue weighted by Gasteiger charge is -2.32. The van der Waals surface area contributed by atoms with Gasteiger partial charge in [-0.15, -0.1) is 0 Å². The Labute approximate surface area is 82.8 Å². The van der Waals surface area contributed by atoms with Crippen molar-refractivity contribution in [2.45, 2.75) is 19.4 Å². The number of rotatable bonds is 3. The molecular formula is C8H16N4O2. The fourth-order valence-corrected chi connectivity index (χ4v) is 1.63. The zero-order valence-electron chi connectivity index (χ0n) is 8.25. The maximum atomic E-state index is 11.3. The van der Waals surface area contributed by atoms with Gasteiger partial charge >= 0.3 is 0 Å². The number of piperazine rings is 1.